The molecule has 0 spiro atoms. The molecule has 0 radical (unpaired) electrons. The van der Waals surface area contributed by atoms with Gasteiger partial charge in [-0.2, -0.15) is 0 Å². The monoisotopic (exact) mass is 610 g/mol. The van der Waals surface area contributed by atoms with Crippen LogP contribution in [-0.2, 0) is 0 Å². The molecule has 0 fully saturated rings. The molecule has 0 saturated heterocycles. The summed E-state index contributed by atoms with van der Waals surface area (Å²) in [6.45, 7) is 0. The Morgan fingerprint density at radius 2 is 0.833 bits per heavy atom. The first kappa shape index (κ1) is 26.8. The predicted molar refractivity (Wildman–Crippen MR) is 203 cm³/mol. The minimum absolute atomic E-state index is 1.15. The molecule has 0 atom stereocenters. The molecule has 0 N–H and O–H groups in total. The Morgan fingerprint density at radius 3 is 1.58 bits per heavy atom. The predicted octanol–water partition coefficient (Wildman–Crippen LogP) is 12.4. The second-order valence-corrected chi connectivity index (χ2v) is 12.6. The van der Waals surface area contributed by atoms with Crippen LogP contribution in [0.15, 0.2) is 182 Å². The minimum atomic E-state index is 1.15. The third kappa shape index (κ3) is 4.06. The van der Waals surface area contributed by atoms with Crippen LogP contribution in [0, 0.1) is 0 Å². The first-order valence-electron chi connectivity index (χ1n) is 16.5. The van der Waals surface area contributed by atoms with E-state index in [4.69, 9.17) is 0 Å². The molecule has 0 aliphatic carbocycles. The molecule has 2 heterocycles. The average Bonchev–Trinajstić information content (AvgIpc) is 3.68. The normalized spacial score (nSPS) is 11.8. The quantitative estimate of drug-likeness (QED) is 0.188. The Balaban J connectivity index is 1.20. The summed E-state index contributed by atoms with van der Waals surface area (Å²) in [5.41, 5.74) is 12.1. The highest BCUT2D eigenvalue weighted by Crippen LogP contribution is 2.42. The van der Waals surface area contributed by atoms with Gasteiger partial charge < -0.3 is 9.13 Å². The molecule has 8 aromatic carbocycles. The van der Waals surface area contributed by atoms with Gasteiger partial charge in [0.25, 0.3) is 0 Å². The molecule has 0 amide bonds. The van der Waals surface area contributed by atoms with Crippen molar-refractivity contribution in [3.8, 4) is 33.6 Å². The van der Waals surface area contributed by atoms with Gasteiger partial charge in [-0.25, -0.2) is 0 Å². The van der Waals surface area contributed by atoms with Crippen LogP contribution >= 0.6 is 0 Å². The molecule has 224 valence electrons. The van der Waals surface area contributed by atoms with E-state index in [0.29, 0.717) is 0 Å². The summed E-state index contributed by atoms with van der Waals surface area (Å²) in [7, 11) is 0. The second-order valence-electron chi connectivity index (χ2n) is 12.6. The van der Waals surface area contributed by atoms with E-state index in [1.165, 1.54) is 76.6 Å². The van der Waals surface area contributed by atoms with E-state index in [-0.39, 0.29) is 0 Å². The molecule has 10 aromatic rings. The maximum absolute atomic E-state index is 2.46. The van der Waals surface area contributed by atoms with Crippen LogP contribution in [0.3, 0.4) is 0 Å². The van der Waals surface area contributed by atoms with Gasteiger partial charge in [0.1, 0.15) is 0 Å². The number of hydrogen-bond donors (Lipinski definition) is 0. The summed E-state index contributed by atoms with van der Waals surface area (Å²) >= 11 is 0. The Kier molecular flexibility index (Phi) is 5.91. The molecular weight excluding hydrogens is 581 g/mol. The van der Waals surface area contributed by atoms with Crippen LogP contribution in [-0.4, -0.2) is 9.13 Å². The van der Waals surface area contributed by atoms with Gasteiger partial charge in [-0.15, -0.1) is 0 Å². The summed E-state index contributed by atoms with van der Waals surface area (Å²) in [5.74, 6) is 0. The summed E-state index contributed by atoms with van der Waals surface area (Å²) in [4.78, 5) is 0. The van der Waals surface area contributed by atoms with Crippen LogP contribution < -0.4 is 0 Å². The largest absolute Gasteiger partial charge is 0.309 e. The van der Waals surface area contributed by atoms with Crippen molar-refractivity contribution in [2.75, 3.05) is 0 Å². The molecule has 2 aromatic heterocycles. The number of hydrogen-bond acceptors (Lipinski definition) is 0. The SMILES string of the molecule is c1ccc(-c2ccc(-n3c4ccccc4c4c3ccc3c5ccccc5n(-c5ccc(-c6ccc7ccccc7c6)cc5)c34)cc2)cc1. The highest BCUT2D eigenvalue weighted by Gasteiger charge is 2.20. The van der Waals surface area contributed by atoms with Crippen LogP contribution in [0.4, 0.5) is 0 Å². The van der Waals surface area contributed by atoms with E-state index in [1.54, 1.807) is 0 Å². The fourth-order valence-electron chi connectivity index (χ4n) is 7.66. The van der Waals surface area contributed by atoms with Gasteiger partial charge in [-0.3, -0.25) is 0 Å². The molecule has 2 heteroatoms. The van der Waals surface area contributed by atoms with Crippen molar-refractivity contribution in [3.05, 3.63) is 182 Å². The zero-order valence-corrected chi connectivity index (χ0v) is 26.2. The van der Waals surface area contributed by atoms with Gasteiger partial charge >= 0.3 is 0 Å². The zero-order valence-electron chi connectivity index (χ0n) is 26.2. The third-order valence-electron chi connectivity index (χ3n) is 9.91. The molecule has 0 unspecified atom stereocenters. The number of para-hydroxylation sites is 2. The lowest BCUT2D eigenvalue weighted by Crippen LogP contribution is -1.95. The molecule has 2 nitrogen and oxygen atoms in total. The van der Waals surface area contributed by atoms with E-state index in [9.17, 15) is 0 Å². The summed E-state index contributed by atoms with van der Waals surface area (Å²) in [6.07, 6.45) is 0. The lowest BCUT2D eigenvalue weighted by atomic mass is 10.0. The third-order valence-corrected chi connectivity index (χ3v) is 9.91. The zero-order chi connectivity index (χ0) is 31.6. The van der Waals surface area contributed by atoms with Crippen LogP contribution in [0.5, 0.6) is 0 Å². The van der Waals surface area contributed by atoms with Gasteiger partial charge in [-0.1, -0.05) is 133 Å². The molecule has 0 saturated carbocycles. The molecular formula is C46H30N2. The van der Waals surface area contributed by atoms with Gasteiger partial charge in [0, 0.05) is 32.9 Å². The van der Waals surface area contributed by atoms with Crippen molar-refractivity contribution >= 4 is 54.4 Å². The van der Waals surface area contributed by atoms with Crippen LogP contribution in [0.2, 0.25) is 0 Å². The number of rotatable bonds is 4. The molecule has 10 rings (SSSR count). The van der Waals surface area contributed by atoms with Gasteiger partial charge in [0.15, 0.2) is 0 Å². The van der Waals surface area contributed by atoms with E-state index in [1.807, 2.05) is 0 Å². The Bertz CT molecular complexity index is 2800. The highest BCUT2D eigenvalue weighted by molar-refractivity contribution is 6.26. The number of benzene rings is 8. The van der Waals surface area contributed by atoms with Crippen LogP contribution in [0.25, 0.3) is 88.0 Å². The number of nitrogens with zero attached hydrogens (tertiary/aromatic N) is 2. The van der Waals surface area contributed by atoms with E-state index < -0.39 is 0 Å². The summed E-state index contributed by atoms with van der Waals surface area (Å²) in [6, 6.07) is 66.2. The average molecular weight is 611 g/mol. The smallest absolute Gasteiger partial charge is 0.0641 e. The maximum atomic E-state index is 2.46. The van der Waals surface area contributed by atoms with Crippen molar-refractivity contribution in [1.82, 2.24) is 9.13 Å². The maximum Gasteiger partial charge on any atom is 0.0641 e. The standard InChI is InChI=1S/C46H30N2/c1-2-10-31(11-3-1)33-20-24-37(25-21-33)47-43-17-9-7-15-41(43)45-44(47)29-28-40-39-14-6-8-16-42(39)48(46(40)45)38-26-22-34(23-27-38)36-19-18-32-12-4-5-13-35(32)30-36/h1-30H. The van der Waals surface area contributed by atoms with Crippen molar-refractivity contribution < 1.29 is 0 Å². The van der Waals surface area contributed by atoms with Crippen molar-refractivity contribution in [2.45, 2.75) is 0 Å². The number of aromatic nitrogens is 2. The highest BCUT2D eigenvalue weighted by atomic mass is 15.0. The fourth-order valence-corrected chi connectivity index (χ4v) is 7.66. The Hall–Kier alpha value is -6.38. The van der Waals surface area contributed by atoms with E-state index >= 15 is 0 Å². The molecule has 0 aliphatic heterocycles. The lowest BCUT2D eigenvalue weighted by Gasteiger charge is -2.12. The van der Waals surface area contributed by atoms with Crippen molar-refractivity contribution in [1.29, 1.82) is 0 Å². The van der Waals surface area contributed by atoms with E-state index in [2.05, 4.69) is 191 Å². The first-order chi connectivity index (χ1) is 23.8. The fraction of sp³-hybridized carbons (Fsp3) is 0. The van der Waals surface area contributed by atoms with Gasteiger partial charge in [0.2, 0.25) is 0 Å². The molecule has 0 bridgehead atoms. The van der Waals surface area contributed by atoms with Crippen molar-refractivity contribution in [3.63, 3.8) is 0 Å². The topological polar surface area (TPSA) is 9.86 Å². The summed E-state index contributed by atoms with van der Waals surface area (Å²) < 4.78 is 4.89. The molecule has 48 heavy (non-hydrogen) atoms. The lowest BCUT2D eigenvalue weighted by molar-refractivity contribution is 1.17. The Morgan fingerprint density at radius 1 is 0.292 bits per heavy atom. The summed E-state index contributed by atoms with van der Waals surface area (Å²) in [5, 5.41) is 7.57. The first-order valence-corrected chi connectivity index (χ1v) is 16.5. The minimum Gasteiger partial charge on any atom is -0.309 e. The van der Waals surface area contributed by atoms with Gasteiger partial charge in [-0.05, 0) is 81.6 Å². The number of fused-ring (bicyclic) bond motifs is 8. The van der Waals surface area contributed by atoms with Crippen LogP contribution in [0.1, 0.15) is 0 Å². The Labute approximate surface area is 278 Å². The van der Waals surface area contributed by atoms with Gasteiger partial charge in [0.05, 0.1) is 22.1 Å². The van der Waals surface area contributed by atoms with E-state index in [0.717, 1.165) is 11.4 Å². The molecule has 0 aliphatic rings. The van der Waals surface area contributed by atoms with Crippen molar-refractivity contribution in [2.24, 2.45) is 0 Å². The second kappa shape index (κ2) is 10.6.